The van der Waals surface area contributed by atoms with Crippen LogP contribution < -0.4 is 5.32 Å². The van der Waals surface area contributed by atoms with Crippen LogP contribution in [0.5, 0.6) is 0 Å². The quantitative estimate of drug-likeness (QED) is 0.685. The van der Waals surface area contributed by atoms with Gasteiger partial charge in [0.2, 0.25) is 0 Å². The lowest BCUT2D eigenvalue weighted by Crippen LogP contribution is -2.14. The Bertz CT molecular complexity index is 706. The molecule has 0 bridgehead atoms. The molecule has 0 radical (unpaired) electrons. The SMILES string of the molecule is Cc1cc([N+](=O)[O-])cc(C)c1NC(=O)c1ccccc1Cl. The molecule has 0 saturated heterocycles. The van der Waals surface area contributed by atoms with Crippen LogP contribution in [0, 0.1) is 24.0 Å². The molecule has 1 N–H and O–H groups in total. The van der Waals surface area contributed by atoms with Crippen molar-refractivity contribution in [1.29, 1.82) is 0 Å². The molecule has 5 nitrogen and oxygen atoms in total. The summed E-state index contributed by atoms with van der Waals surface area (Å²) < 4.78 is 0. The number of anilines is 1. The topological polar surface area (TPSA) is 72.2 Å². The van der Waals surface area contributed by atoms with E-state index in [-0.39, 0.29) is 11.6 Å². The Kier molecular flexibility index (Phi) is 4.23. The lowest BCUT2D eigenvalue weighted by Gasteiger charge is -2.12. The van der Waals surface area contributed by atoms with Gasteiger partial charge in [0.25, 0.3) is 11.6 Å². The molecular formula is C15H13ClN2O3. The van der Waals surface area contributed by atoms with E-state index in [1.807, 2.05) is 0 Å². The summed E-state index contributed by atoms with van der Waals surface area (Å²) in [4.78, 5) is 22.6. The number of amides is 1. The minimum absolute atomic E-state index is 0.000687. The smallest absolute Gasteiger partial charge is 0.270 e. The molecule has 2 aromatic carbocycles. The number of halogens is 1. The lowest BCUT2D eigenvalue weighted by molar-refractivity contribution is -0.384. The van der Waals surface area contributed by atoms with Crippen LogP contribution in [0.3, 0.4) is 0 Å². The third-order valence-electron chi connectivity index (χ3n) is 3.09. The molecule has 0 fully saturated rings. The molecule has 2 aromatic rings. The number of hydrogen-bond acceptors (Lipinski definition) is 3. The molecule has 0 aliphatic carbocycles. The first kappa shape index (κ1) is 15.0. The number of nitro benzene ring substituents is 1. The Morgan fingerprint density at radius 3 is 2.29 bits per heavy atom. The van der Waals surface area contributed by atoms with Crippen molar-refractivity contribution in [3.63, 3.8) is 0 Å². The van der Waals surface area contributed by atoms with E-state index in [9.17, 15) is 14.9 Å². The summed E-state index contributed by atoms with van der Waals surface area (Å²) in [5, 5.41) is 13.9. The largest absolute Gasteiger partial charge is 0.321 e. The van der Waals surface area contributed by atoms with Crippen LogP contribution >= 0.6 is 11.6 Å². The molecule has 21 heavy (non-hydrogen) atoms. The Balaban J connectivity index is 2.34. The standard InChI is InChI=1S/C15H13ClN2O3/c1-9-7-11(18(20)21)8-10(2)14(9)17-15(19)12-5-3-4-6-13(12)16/h3-8H,1-2H3,(H,17,19). The van der Waals surface area contributed by atoms with E-state index in [0.717, 1.165) is 0 Å². The number of nitro groups is 1. The van der Waals surface area contributed by atoms with Gasteiger partial charge < -0.3 is 5.32 Å². The zero-order valence-electron chi connectivity index (χ0n) is 11.5. The van der Waals surface area contributed by atoms with Gasteiger partial charge in [-0.3, -0.25) is 14.9 Å². The molecule has 0 spiro atoms. The first-order valence-corrected chi connectivity index (χ1v) is 6.59. The van der Waals surface area contributed by atoms with Crippen molar-refractivity contribution in [3.05, 3.63) is 68.2 Å². The minimum atomic E-state index is -0.459. The summed E-state index contributed by atoms with van der Waals surface area (Å²) in [6.45, 7) is 3.42. The van der Waals surface area contributed by atoms with Crippen molar-refractivity contribution in [1.82, 2.24) is 0 Å². The first-order valence-electron chi connectivity index (χ1n) is 6.21. The molecule has 0 aromatic heterocycles. The van der Waals surface area contributed by atoms with Gasteiger partial charge in [0.05, 0.1) is 15.5 Å². The van der Waals surface area contributed by atoms with Crippen LogP contribution in [0.2, 0.25) is 5.02 Å². The van der Waals surface area contributed by atoms with Crippen LogP contribution in [0.1, 0.15) is 21.5 Å². The highest BCUT2D eigenvalue weighted by atomic mass is 35.5. The molecular weight excluding hydrogens is 292 g/mol. The zero-order chi connectivity index (χ0) is 15.6. The fourth-order valence-corrected chi connectivity index (χ4v) is 2.29. The van der Waals surface area contributed by atoms with E-state index in [1.165, 1.54) is 12.1 Å². The number of carbonyl (C=O) groups is 1. The number of aryl methyl sites for hydroxylation is 2. The van der Waals surface area contributed by atoms with Gasteiger partial charge in [-0.2, -0.15) is 0 Å². The fourth-order valence-electron chi connectivity index (χ4n) is 2.07. The number of benzene rings is 2. The van der Waals surface area contributed by atoms with E-state index >= 15 is 0 Å². The molecule has 0 heterocycles. The molecule has 0 saturated carbocycles. The van der Waals surface area contributed by atoms with Crippen molar-refractivity contribution in [3.8, 4) is 0 Å². The predicted octanol–water partition coefficient (Wildman–Crippen LogP) is 4.12. The number of nitrogens with zero attached hydrogens (tertiary/aromatic N) is 1. The number of rotatable bonds is 3. The molecule has 0 aliphatic rings. The molecule has 2 rings (SSSR count). The Labute approximate surface area is 126 Å². The second kappa shape index (κ2) is 5.93. The molecule has 0 unspecified atom stereocenters. The van der Waals surface area contributed by atoms with Crippen molar-refractivity contribution in [2.75, 3.05) is 5.32 Å². The Morgan fingerprint density at radius 2 is 1.76 bits per heavy atom. The van der Waals surface area contributed by atoms with Crippen LogP contribution in [-0.4, -0.2) is 10.8 Å². The van der Waals surface area contributed by atoms with Crippen molar-refractivity contribution >= 4 is 28.9 Å². The molecule has 0 aliphatic heterocycles. The second-order valence-corrected chi connectivity index (χ2v) is 5.05. The minimum Gasteiger partial charge on any atom is -0.321 e. The van der Waals surface area contributed by atoms with Crippen LogP contribution in [-0.2, 0) is 0 Å². The van der Waals surface area contributed by atoms with Gasteiger partial charge >= 0.3 is 0 Å². The number of hydrogen-bond donors (Lipinski definition) is 1. The molecule has 108 valence electrons. The van der Waals surface area contributed by atoms with Crippen LogP contribution in [0.15, 0.2) is 36.4 Å². The van der Waals surface area contributed by atoms with Gasteiger partial charge in [0.1, 0.15) is 0 Å². The van der Waals surface area contributed by atoms with E-state index < -0.39 is 4.92 Å². The Hall–Kier alpha value is -2.40. The van der Waals surface area contributed by atoms with E-state index in [0.29, 0.717) is 27.4 Å². The average molecular weight is 305 g/mol. The lowest BCUT2D eigenvalue weighted by atomic mass is 10.1. The van der Waals surface area contributed by atoms with Gasteiger partial charge in [-0.15, -0.1) is 0 Å². The number of non-ortho nitro benzene ring substituents is 1. The molecule has 1 amide bonds. The van der Waals surface area contributed by atoms with Crippen molar-refractivity contribution < 1.29 is 9.72 Å². The maximum atomic E-state index is 12.2. The Morgan fingerprint density at radius 1 is 1.19 bits per heavy atom. The average Bonchev–Trinajstić information content (AvgIpc) is 2.42. The highest BCUT2D eigenvalue weighted by Gasteiger charge is 2.16. The maximum Gasteiger partial charge on any atom is 0.270 e. The summed E-state index contributed by atoms with van der Waals surface area (Å²) in [5.74, 6) is -0.347. The number of carbonyl (C=O) groups excluding carboxylic acids is 1. The zero-order valence-corrected chi connectivity index (χ0v) is 12.3. The number of nitrogens with one attached hydrogen (secondary N) is 1. The van der Waals surface area contributed by atoms with E-state index in [1.54, 1.807) is 38.1 Å². The highest BCUT2D eigenvalue weighted by Crippen LogP contribution is 2.27. The summed E-state index contributed by atoms with van der Waals surface area (Å²) in [6, 6.07) is 9.56. The summed E-state index contributed by atoms with van der Waals surface area (Å²) in [6.07, 6.45) is 0. The third-order valence-corrected chi connectivity index (χ3v) is 3.41. The summed E-state index contributed by atoms with van der Waals surface area (Å²) in [7, 11) is 0. The van der Waals surface area contributed by atoms with E-state index in [4.69, 9.17) is 11.6 Å². The maximum absolute atomic E-state index is 12.2. The van der Waals surface area contributed by atoms with E-state index in [2.05, 4.69) is 5.32 Å². The molecule has 6 heteroatoms. The fraction of sp³-hybridized carbons (Fsp3) is 0.133. The van der Waals surface area contributed by atoms with Crippen LogP contribution in [0.25, 0.3) is 0 Å². The van der Waals surface area contributed by atoms with Gasteiger partial charge in [0.15, 0.2) is 0 Å². The first-order chi connectivity index (χ1) is 9.90. The van der Waals surface area contributed by atoms with Crippen LogP contribution in [0.4, 0.5) is 11.4 Å². The monoisotopic (exact) mass is 304 g/mol. The highest BCUT2D eigenvalue weighted by molar-refractivity contribution is 6.34. The third kappa shape index (κ3) is 3.20. The molecule has 0 atom stereocenters. The van der Waals surface area contributed by atoms with Gasteiger partial charge in [-0.25, -0.2) is 0 Å². The van der Waals surface area contributed by atoms with Gasteiger partial charge in [-0.1, -0.05) is 23.7 Å². The van der Waals surface area contributed by atoms with Crippen molar-refractivity contribution in [2.24, 2.45) is 0 Å². The summed E-state index contributed by atoms with van der Waals surface area (Å²) in [5.41, 5.74) is 2.17. The van der Waals surface area contributed by atoms with Crippen molar-refractivity contribution in [2.45, 2.75) is 13.8 Å². The van der Waals surface area contributed by atoms with Gasteiger partial charge in [0, 0.05) is 17.8 Å². The predicted molar refractivity (Wildman–Crippen MR) is 82.0 cm³/mol. The normalized spacial score (nSPS) is 10.2. The second-order valence-electron chi connectivity index (χ2n) is 4.65. The van der Waals surface area contributed by atoms with Gasteiger partial charge in [-0.05, 0) is 37.1 Å². The summed E-state index contributed by atoms with van der Waals surface area (Å²) >= 11 is 5.98.